The number of thioether (sulfide) groups is 1. The Kier molecular flexibility index (Phi) is 5.54. The van der Waals surface area contributed by atoms with E-state index in [4.69, 9.17) is 10.5 Å². The summed E-state index contributed by atoms with van der Waals surface area (Å²) in [5.74, 6) is 0.747. The fraction of sp³-hybridized carbons (Fsp3) is 0.929. The monoisotopic (exact) mass is 286 g/mol. The van der Waals surface area contributed by atoms with E-state index in [1.165, 1.54) is 0 Å². The lowest BCUT2D eigenvalue weighted by Gasteiger charge is -2.36. The molecule has 2 rings (SSSR count). The zero-order chi connectivity index (χ0) is 13.7. The molecule has 110 valence electrons. The predicted octanol–water partition coefficient (Wildman–Crippen LogP) is 1.39. The molecule has 0 aromatic carbocycles. The maximum absolute atomic E-state index is 12.3. The minimum Gasteiger partial charge on any atom is -0.381 e. The summed E-state index contributed by atoms with van der Waals surface area (Å²) in [4.78, 5) is 12.3. The summed E-state index contributed by atoms with van der Waals surface area (Å²) in [7, 11) is 0. The van der Waals surface area contributed by atoms with Gasteiger partial charge in [-0.15, -0.1) is 0 Å². The number of hydrogen-bond acceptors (Lipinski definition) is 4. The lowest BCUT2D eigenvalue weighted by atomic mass is 9.94. The molecule has 0 spiro atoms. The van der Waals surface area contributed by atoms with Gasteiger partial charge in [0.15, 0.2) is 0 Å². The molecule has 1 saturated carbocycles. The molecule has 0 bridgehead atoms. The molecule has 0 radical (unpaired) electrons. The summed E-state index contributed by atoms with van der Waals surface area (Å²) in [5, 5.41) is 3.18. The van der Waals surface area contributed by atoms with Crippen molar-refractivity contribution in [1.82, 2.24) is 5.32 Å². The molecule has 2 atom stereocenters. The van der Waals surface area contributed by atoms with Crippen molar-refractivity contribution in [3.05, 3.63) is 0 Å². The Balaban J connectivity index is 1.85. The number of carbonyl (C=O) groups is 1. The van der Waals surface area contributed by atoms with E-state index in [0.29, 0.717) is 12.5 Å². The summed E-state index contributed by atoms with van der Waals surface area (Å²) in [6, 6.07) is 0. The Hall–Kier alpha value is -0.260. The molecule has 1 aliphatic carbocycles. The molecule has 0 unspecified atom stereocenters. The molecule has 0 aromatic rings. The number of rotatable bonds is 5. The van der Waals surface area contributed by atoms with Crippen LogP contribution in [-0.2, 0) is 9.53 Å². The van der Waals surface area contributed by atoms with Crippen LogP contribution in [-0.4, -0.2) is 43.2 Å². The smallest absolute Gasteiger partial charge is 0.223 e. The van der Waals surface area contributed by atoms with Crippen LogP contribution in [0.3, 0.4) is 0 Å². The fourth-order valence-electron chi connectivity index (χ4n) is 3.24. The second-order valence-electron chi connectivity index (χ2n) is 5.75. The average Bonchev–Trinajstić information content (AvgIpc) is 2.94. The van der Waals surface area contributed by atoms with Gasteiger partial charge in [0.2, 0.25) is 5.91 Å². The van der Waals surface area contributed by atoms with Crippen molar-refractivity contribution >= 4 is 17.7 Å². The Bertz CT molecular complexity index is 306. The first-order valence-electron chi connectivity index (χ1n) is 7.31. The van der Waals surface area contributed by atoms with Crippen molar-refractivity contribution in [2.24, 2.45) is 17.6 Å². The van der Waals surface area contributed by atoms with Gasteiger partial charge in [-0.2, -0.15) is 11.8 Å². The van der Waals surface area contributed by atoms with E-state index < -0.39 is 0 Å². The van der Waals surface area contributed by atoms with Crippen molar-refractivity contribution in [1.29, 1.82) is 0 Å². The van der Waals surface area contributed by atoms with Crippen molar-refractivity contribution in [3.63, 3.8) is 0 Å². The number of carbonyl (C=O) groups excluding carboxylic acids is 1. The highest BCUT2D eigenvalue weighted by Crippen LogP contribution is 2.34. The molecule has 1 aliphatic heterocycles. The van der Waals surface area contributed by atoms with Crippen LogP contribution in [0.15, 0.2) is 0 Å². The van der Waals surface area contributed by atoms with Crippen molar-refractivity contribution in [2.45, 2.75) is 36.9 Å². The maximum Gasteiger partial charge on any atom is 0.223 e. The van der Waals surface area contributed by atoms with Crippen LogP contribution in [0, 0.1) is 11.8 Å². The predicted molar refractivity (Wildman–Crippen MR) is 79.2 cm³/mol. The van der Waals surface area contributed by atoms with Crippen LogP contribution in [0.1, 0.15) is 32.1 Å². The van der Waals surface area contributed by atoms with Gasteiger partial charge in [-0.3, -0.25) is 4.79 Å². The number of amides is 1. The highest BCUT2D eigenvalue weighted by atomic mass is 32.2. The minimum atomic E-state index is 0.142. The molecule has 5 heteroatoms. The van der Waals surface area contributed by atoms with Gasteiger partial charge >= 0.3 is 0 Å². The maximum atomic E-state index is 12.3. The Labute approximate surface area is 120 Å². The third-order valence-electron chi connectivity index (χ3n) is 4.72. The Morgan fingerprint density at radius 3 is 2.79 bits per heavy atom. The van der Waals surface area contributed by atoms with Crippen LogP contribution in [0.4, 0.5) is 0 Å². The average molecular weight is 286 g/mol. The molecule has 4 nitrogen and oxygen atoms in total. The molecular weight excluding hydrogens is 260 g/mol. The zero-order valence-corrected chi connectivity index (χ0v) is 12.6. The first kappa shape index (κ1) is 15.1. The Morgan fingerprint density at radius 1 is 1.42 bits per heavy atom. The van der Waals surface area contributed by atoms with E-state index in [2.05, 4.69) is 11.6 Å². The van der Waals surface area contributed by atoms with Crippen LogP contribution in [0.5, 0.6) is 0 Å². The lowest BCUT2D eigenvalue weighted by Crippen LogP contribution is -2.46. The van der Waals surface area contributed by atoms with Gasteiger partial charge in [0.1, 0.15) is 0 Å². The second kappa shape index (κ2) is 6.95. The standard InChI is InChI=1S/C14H26N2O2S/c1-19-14(5-7-18-8-6-14)10-16-13(17)12-4-2-3-11(12)9-15/h11-12H,2-10,15H2,1H3,(H,16,17)/t11-,12-/m1/s1. The SMILES string of the molecule is CSC1(CNC(=O)[C@@H]2CCC[C@@H]2CN)CCOCC1. The minimum absolute atomic E-state index is 0.142. The fourth-order valence-corrected chi connectivity index (χ4v) is 4.03. The normalized spacial score (nSPS) is 30.2. The van der Waals surface area contributed by atoms with Gasteiger partial charge in [0.25, 0.3) is 0 Å². The summed E-state index contributed by atoms with van der Waals surface area (Å²) in [5.41, 5.74) is 5.75. The Morgan fingerprint density at radius 2 is 2.16 bits per heavy atom. The molecule has 0 aromatic heterocycles. The largest absolute Gasteiger partial charge is 0.381 e. The van der Waals surface area contributed by atoms with Crippen molar-refractivity contribution < 1.29 is 9.53 Å². The van der Waals surface area contributed by atoms with Crippen molar-refractivity contribution in [3.8, 4) is 0 Å². The van der Waals surface area contributed by atoms with Gasteiger partial charge in [-0.05, 0) is 44.4 Å². The highest BCUT2D eigenvalue weighted by molar-refractivity contribution is 8.00. The number of nitrogens with two attached hydrogens (primary N) is 1. The number of ether oxygens (including phenoxy) is 1. The second-order valence-corrected chi connectivity index (χ2v) is 7.02. The van der Waals surface area contributed by atoms with Gasteiger partial charge in [0, 0.05) is 30.4 Å². The molecule has 1 saturated heterocycles. The topological polar surface area (TPSA) is 64.4 Å². The van der Waals surface area contributed by atoms with Gasteiger partial charge < -0.3 is 15.8 Å². The van der Waals surface area contributed by atoms with E-state index in [-0.39, 0.29) is 16.6 Å². The van der Waals surface area contributed by atoms with Crippen LogP contribution in [0.2, 0.25) is 0 Å². The molecule has 19 heavy (non-hydrogen) atoms. The van der Waals surface area contributed by atoms with Crippen molar-refractivity contribution in [2.75, 3.05) is 32.6 Å². The lowest BCUT2D eigenvalue weighted by molar-refractivity contribution is -0.126. The number of nitrogens with one attached hydrogen (secondary N) is 1. The summed E-state index contributed by atoms with van der Waals surface area (Å²) < 4.78 is 5.60. The van der Waals surface area contributed by atoms with E-state index in [0.717, 1.165) is 51.9 Å². The molecule has 2 aliphatic rings. The summed E-state index contributed by atoms with van der Waals surface area (Å²) in [6.07, 6.45) is 7.44. The van der Waals surface area contributed by atoms with Crippen LogP contribution < -0.4 is 11.1 Å². The third-order valence-corrected chi connectivity index (χ3v) is 6.14. The third kappa shape index (κ3) is 3.64. The van der Waals surface area contributed by atoms with E-state index in [9.17, 15) is 4.79 Å². The van der Waals surface area contributed by atoms with Crippen LogP contribution in [0.25, 0.3) is 0 Å². The van der Waals surface area contributed by atoms with Gasteiger partial charge in [-0.1, -0.05) is 6.42 Å². The highest BCUT2D eigenvalue weighted by Gasteiger charge is 2.35. The zero-order valence-electron chi connectivity index (χ0n) is 11.8. The van der Waals surface area contributed by atoms with E-state index in [1.807, 2.05) is 11.8 Å². The summed E-state index contributed by atoms with van der Waals surface area (Å²) in [6.45, 7) is 3.03. The molecular formula is C14H26N2O2S. The quantitative estimate of drug-likeness (QED) is 0.801. The molecule has 2 fully saturated rings. The number of hydrogen-bond donors (Lipinski definition) is 2. The summed E-state index contributed by atoms with van der Waals surface area (Å²) >= 11 is 1.86. The molecule has 1 amide bonds. The first-order valence-corrected chi connectivity index (χ1v) is 8.54. The van der Waals surface area contributed by atoms with E-state index >= 15 is 0 Å². The first-order chi connectivity index (χ1) is 9.21. The van der Waals surface area contributed by atoms with E-state index in [1.54, 1.807) is 0 Å². The van der Waals surface area contributed by atoms with Gasteiger partial charge in [-0.25, -0.2) is 0 Å². The van der Waals surface area contributed by atoms with Gasteiger partial charge in [0.05, 0.1) is 0 Å². The molecule has 3 N–H and O–H groups in total. The van der Waals surface area contributed by atoms with Crippen LogP contribution >= 0.6 is 11.8 Å². The molecule has 1 heterocycles.